The summed E-state index contributed by atoms with van der Waals surface area (Å²) in [5, 5.41) is 13.0. The lowest BCUT2D eigenvalue weighted by molar-refractivity contribution is 1.74. The average molecular weight is 354 g/mol. The SMILES string of the molecule is C=Cc1ccc2ccc3ccc4ccc5ccc6ccccc6c5c4c3c2c1. The summed E-state index contributed by atoms with van der Waals surface area (Å²) in [4.78, 5) is 0. The third-order valence-electron chi connectivity index (χ3n) is 5.95. The lowest BCUT2D eigenvalue weighted by Gasteiger charge is -2.13. The number of hydrogen-bond acceptors (Lipinski definition) is 0. The molecule has 0 atom stereocenters. The Morgan fingerprint density at radius 3 is 1.64 bits per heavy atom. The molecule has 6 aromatic carbocycles. The molecule has 28 heavy (non-hydrogen) atoms. The zero-order valence-electron chi connectivity index (χ0n) is 15.4. The van der Waals surface area contributed by atoms with Gasteiger partial charge in [0.05, 0.1) is 0 Å². The highest BCUT2D eigenvalue weighted by Gasteiger charge is 2.11. The van der Waals surface area contributed by atoms with Crippen molar-refractivity contribution in [2.45, 2.75) is 0 Å². The Kier molecular flexibility index (Phi) is 3.13. The van der Waals surface area contributed by atoms with Crippen LogP contribution in [-0.4, -0.2) is 0 Å². The molecule has 0 unspecified atom stereocenters. The van der Waals surface area contributed by atoms with Crippen LogP contribution in [-0.2, 0) is 0 Å². The molecule has 0 saturated carbocycles. The van der Waals surface area contributed by atoms with Gasteiger partial charge in [0.2, 0.25) is 0 Å². The van der Waals surface area contributed by atoms with Gasteiger partial charge in [-0.3, -0.25) is 0 Å². The van der Waals surface area contributed by atoms with Crippen molar-refractivity contribution < 1.29 is 0 Å². The summed E-state index contributed by atoms with van der Waals surface area (Å²) in [6.45, 7) is 3.97. The van der Waals surface area contributed by atoms with Crippen LogP contribution in [0.15, 0.2) is 97.6 Å². The van der Waals surface area contributed by atoms with Gasteiger partial charge < -0.3 is 0 Å². The molecule has 0 amide bonds. The standard InChI is InChI=1S/C28H18/c1-2-18-7-8-20-10-12-22-14-16-23-15-13-21-11-9-19-5-3-4-6-24(19)26(21)28(23)27(22)25(20)17-18/h2-17H,1H2. The van der Waals surface area contributed by atoms with Crippen molar-refractivity contribution in [1.29, 1.82) is 0 Å². The number of fused-ring (bicyclic) bond motifs is 9. The summed E-state index contributed by atoms with van der Waals surface area (Å²) < 4.78 is 0. The zero-order valence-corrected chi connectivity index (χ0v) is 15.4. The van der Waals surface area contributed by atoms with Crippen LogP contribution < -0.4 is 0 Å². The normalized spacial score (nSPS) is 11.7. The smallest absolute Gasteiger partial charge is 0.00143 e. The van der Waals surface area contributed by atoms with Gasteiger partial charge in [-0.25, -0.2) is 0 Å². The first-order valence-corrected chi connectivity index (χ1v) is 9.66. The Balaban J connectivity index is 2.00. The van der Waals surface area contributed by atoms with Crippen molar-refractivity contribution in [2.24, 2.45) is 0 Å². The van der Waals surface area contributed by atoms with Crippen molar-refractivity contribution >= 4 is 59.9 Å². The predicted octanol–water partition coefficient (Wildman–Crippen LogP) is 8.10. The summed E-state index contributed by atoms with van der Waals surface area (Å²) >= 11 is 0. The maximum absolute atomic E-state index is 3.97. The third-order valence-corrected chi connectivity index (χ3v) is 5.95. The quantitative estimate of drug-likeness (QED) is 0.262. The Morgan fingerprint density at radius 2 is 0.964 bits per heavy atom. The highest BCUT2D eigenvalue weighted by Crippen LogP contribution is 2.39. The van der Waals surface area contributed by atoms with Crippen LogP contribution >= 0.6 is 0 Å². The molecule has 0 N–H and O–H groups in total. The molecule has 6 rings (SSSR count). The Hall–Kier alpha value is -3.64. The second kappa shape index (κ2) is 5.68. The zero-order chi connectivity index (χ0) is 18.7. The molecular formula is C28H18. The molecule has 0 saturated heterocycles. The molecule has 0 aromatic heterocycles. The van der Waals surface area contributed by atoms with Gasteiger partial charge in [-0.05, 0) is 65.5 Å². The summed E-state index contributed by atoms with van der Waals surface area (Å²) in [5.74, 6) is 0. The lowest BCUT2D eigenvalue weighted by Crippen LogP contribution is -1.86. The van der Waals surface area contributed by atoms with Crippen molar-refractivity contribution in [3.05, 3.63) is 103 Å². The second-order valence-electron chi connectivity index (χ2n) is 7.46. The molecule has 0 fully saturated rings. The fourth-order valence-corrected chi connectivity index (χ4v) is 4.60. The van der Waals surface area contributed by atoms with Crippen LogP contribution in [0.5, 0.6) is 0 Å². The van der Waals surface area contributed by atoms with E-state index in [1.54, 1.807) is 0 Å². The van der Waals surface area contributed by atoms with Gasteiger partial charge >= 0.3 is 0 Å². The maximum atomic E-state index is 3.97. The number of hydrogen-bond donors (Lipinski definition) is 0. The highest BCUT2D eigenvalue weighted by atomic mass is 14.1. The minimum absolute atomic E-state index is 1.15. The van der Waals surface area contributed by atoms with Crippen LogP contribution in [0.2, 0.25) is 0 Å². The van der Waals surface area contributed by atoms with E-state index in [0.29, 0.717) is 0 Å². The average Bonchev–Trinajstić information content (AvgIpc) is 2.77. The van der Waals surface area contributed by atoms with E-state index in [1.165, 1.54) is 53.9 Å². The Labute approximate surface area is 163 Å². The third kappa shape index (κ3) is 2.06. The fourth-order valence-electron chi connectivity index (χ4n) is 4.60. The van der Waals surface area contributed by atoms with Gasteiger partial charge in [0.15, 0.2) is 0 Å². The molecule has 0 nitrogen and oxygen atoms in total. The van der Waals surface area contributed by atoms with Gasteiger partial charge in [0, 0.05) is 0 Å². The minimum Gasteiger partial charge on any atom is -0.0985 e. The van der Waals surface area contributed by atoms with Gasteiger partial charge in [0.25, 0.3) is 0 Å². The van der Waals surface area contributed by atoms with Gasteiger partial charge in [0.1, 0.15) is 0 Å². The molecule has 0 bridgehead atoms. The first-order chi connectivity index (χ1) is 13.8. The Bertz CT molecular complexity index is 1550. The Morgan fingerprint density at radius 1 is 0.464 bits per heavy atom. The molecule has 0 spiro atoms. The van der Waals surface area contributed by atoms with E-state index >= 15 is 0 Å². The van der Waals surface area contributed by atoms with Crippen LogP contribution in [0, 0.1) is 0 Å². The van der Waals surface area contributed by atoms with E-state index in [0.717, 1.165) is 5.56 Å². The highest BCUT2D eigenvalue weighted by molar-refractivity contribution is 6.32. The van der Waals surface area contributed by atoms with E-state index in [1.807, 2.05) is 6.08 Å². The first kappa shape index (κ1) is 15.4. The fraction of sp³-hybridized carbons (Fsp3) is 0. The van der Waals surface area contributed by atoms with Crippen LogP contribution in [0.1, 0.15) is 5.56 Å². The molecule has 0 radical (unpaired) electrons. The van der Waals surface area contributed by atoms with Crippen LogP contribution in [0.25, 0.3) is 59.9 Å². The van der Waals surface area contributed by atoms with E-state index in [4.69, 9.17) is 0 Å². The summed E-state index contributed by atoms with van der Waals surface area (Å²) in [5.41, 5.74) is 1.15. The van der Waals surface area contributed by atoms with E-state index < -0.39 is 0 Å². The van der Waals surface area contributed by atoms with Crippen molar-refractivity contribution in [1.82, 2.24) is 0 Å². The monoisotopic (exact) mass is 354 g/mol. The molecular weight excluding hydrogens is 336 g/mol. The van der Waals surface area contributed by atoms with Gasteiger partial charge in [-0.15, -0.1) is 0 Å². The molecule has 0 heterocycles. The largest absolute Gasteiger partial charge is 0.0985 e. The van der Waals surface area contributed by atoms with Crippen molar-refractivity contribution in [2.75, 3.05) is 0 Å². The van der Waals surface area contributed by atoms with Crippen LogP contribution in [0.3, 0.4) is 0 Å². The van der Waals surface area contributed by atoms with E-state index in [9.17, 15) is 0 Å². The molecule has 6 aromatic rings. The predicted molar refractivity (Wildman–Crippen MR) is 124 cm³/mol. The summed E-state index contributed by atoms with van der Waals surface area (Å²) in [6, 6.07) is 33.2. The summed E-state index contributed by atoms with van der Waals surface area (Å²) in [7, 11) is 0. The van der Waals surface area contributed by atoms with Crippen molar-refractivity contribution in [3.63, 3.8) is 0 Å². The molecule has 0 heteroatoms. The lowest BCUT2D eigenvalue weighted by atomic mass is 9.90. The minimum atomic E-state index is 1.15. The van der Waals surface area contributed by atoms with Crippen LogP contribution in [0.4, 0.5) is 0 Å². The van der Waals surface area contributed by atoms with E-state index in [-0.39, 0.29) is 0 Å². The molecule has 0 aliphatic carbocycles. The topological polar surface area (TPSA) is 0 Å². The number of benzene rings is 6. The van der Waals surface area contributed by atoms with E-state index in [2.05, 4.69) is 97.6 Å². The van der Waals surface area contributed by atoms with Gasteiger partial charge in [-0.1, -0.05) is 97.6 Å². The molecule has 130 valence electrons. The summed E-state index contributed by atoms with van der Waals surface area (Å²) in [6.07, 6.45) is 1.93. The molecule has 0 aliphatic heterocycles. The second-order valence-corrected chi connectivity index (χ2v) is 7.46. The van der Waals surface area contributed by atoms with Gasteiger partial charge in [-0.2, -0.15) is 0 Å². The molecule has 0 aliphatic rings. The first-order valence-electron chi connectivity index (χ1n) is 9.66. The van der Waals surface area contributed by atoms with Crippen molar-refractivity contribution in [3.8, 4) is 0 Å². The maximum Gasteiger partial charge on any atom is -0.00143 e. The number of rotatable bonds is 1.